The minimum Gasteiger partial charge on any atom is -0.269 e. The van der Waals surface area contributed by atoms with Crippen molar-refractivity contribution in [3.8, 4) is 0 Å². The zero-order valence-electron chi connectivity index (χ0n) is 10.5. The van der Waals surface area contributed by atoms with E-state index >= 15 is 0 Å². The van der Waals surface area contributed by atoms with Crippen LogP contribution in [0.1, 0.15) is 11.1 Å². The average molecular weight is 259 g/mol. The molecule has 2 aromatic rings. The van der Waals surface area contributed by atoms with Crippen molar-refractivity contribution in [1.29, 1.82) is 0 Å². The number of benzene rings is 2. The molecule has 0 atom stereocenters. The number of aryl methyl sites for hydroxylation is 1. The number of hydrazone groups is 1. The van der Waals surface area contributed by atoms with Crippen molar-refractivity contribution in [3.63, 3.8) is 0 Å². The molecule has 0 N–H and O–H groups in total. The van der Waals surface area contributed by atoms with Gasteiger partial charge < -0.3 is 0 Å². The number of hydrogen-bond donors (Lipinski definition) is 0. The molecule has 0 amide bonds. The number of halogens is 1. The summed E-state index contributed by atoms with van der Waals surface area (Å²) in [4.78, 5) is 0. The summed E-state index contributed by atoms with van der Waals surface area (Å²) in [5, 5.41) is 6.97. The van der Waals surface area contributed by atoms with Gasteiger partial charge in [-0.15, -0.1) is 0 Å². The Morgan fingerprint density at radius 3 is 2.22 bits per heavy atom. The quantitative estimate of drug-likeness (QED) is 0.597. The molecular weight excluding hydrogens is 244 g/mol. The highest BCUT2D eigenvalue weighted by atomic mass is 35.5. The summed E-state index contributed by atoms with van der Waals surface area (Å²) in [6.07, 6.45) is 1.82. The van der Waals surface area contributed by atoms with E-state index in [9.17, 15) is 0 Å². The molecule has 0 unspecified atom stereocenters. The number of rotatable bonds is 3. The summed E-state index contributed by atoms with van der Waals surface area (Å²) in [6.45, 7) is 2.07. The summed E-state index contributed by atoms with van der Waals surface area (Å²) in [7, 11) is 1.93. The topological polar surface area (TPSA) is 15.6 Å². The van der Waals surface area contributed by atoms with E-state index in [1.807, 2.05) is 42.5 Å². The third-order valence-electron chi connectivity index (χ3n) is 2.66. The van der Waals surface area contributed by atoms with Gasteiger partial charge in [0, 0.05) is 12.1 Å². The molecule has 0 heterocycles. The van der Waals surface area contributed by atoms with Gasteiger partial charge in [-0.1, -0.05) is 41.4 Å². The van der Waals surface area contributed by atoms with Crippen molar-refractivity contribution >= 4 is 23.5 Å². The van der Waals surface area contributed by atoms with Crippen LogP contribution in [-0.2, 0) is 0 Å². The van der Waals surface area contributed by atoms with Gasteiger partial charge in [-0.3, -0.25) is 5.01 Å². The SMILES string of the molecule is Cc1ccc(N(C)/N=C/c2ccc(Cl)cc2)cc1. The van der Waals surface area contributed by atoms with Crippen LogP contribution < -0.4 is 5.01 Å². The first-order valence-electron chi connectivity index (χ1n) is 5.75. The average Bonchev–Trinajstić information content (AvgIpc) is 2.38. The highest BCUT2D eigenvalue weighted by Gasteiger charge is 1.96. The van der Waals surface area contributed by atoms with Crippen LogP contribution in [0, 0.1) is 6.92 Å². The first-order valence-corrected chi connectivity index (χ1v) is 6.13. The smallest absolute Gasteiger partial charge is 0.0590 e. The van der Waals surface area contributed by atoms with E-state index in [1.165, 1.54) is 5.56 Å². The Morgan fingerprint density at radius 1 is 1.00 bits per heavy atom. The Morgan fingerprint density at radius 2 is 1.61 bits per heavy atom. The minimum atomic E-state index is 0.735. The highest BCUT2D eigenvalue weighted by Crippen LogP contribution is 2.14. The number of nitrogens with zero attached hydrogens (tertiary/aromatic N) is 2. The molecule has 2 nitrogen and oxygen atoms in total. The Bertz CT molecular complexity index is 529. The Balaban J connectivity index is 2.08. The molecule has 0 aliphatic carbocycles. The molecule has 3 heteroatoms. The standard InChI is InChI=1S/C15H15ClN2/c1-12-3-9-15(10-4-12)18(2)17-11-13-5-7-14(16)8-6-13/h3-11H,1-2H3/b17-11+. The predicted octanol–water partition coefficient (Wildman–Crippen LogP) is 4.12. The Hall–Kier alpha value is -1.80. The highest BCUT2D eigenvalue weighted by molar-refractivity contribution is 6.30. The van der Waals surface area contributed by atoms with Gasteiger partial charge in [-0.05, 0) is 36.8 Å². The summed E-state index contributed by atoms with van der Waals surface area (Å²) in [6, 6.07) is 15.8. The van der Waals surface area contributed by atoms with Crippen LogP contribution in [0.5, 0.6) is 0 Å². The van der Waals surface area contributed by atoms with Gasteiger partial charge in [-0.25, -0.2) is 0 Å². The maximum absolute atomic E-state index is 5.83. The second-order valence-electron chi connectivity index (χ2n) is 4.16. The van der Waals surface area contributed by atoms with Crippen molar-refractivity contribution in [2.45, 2.75) is 6.92 Å². The molecule has 0 spiro atoms. The molecule has 92 valence electrons. The van der Waals surface area contributed by atoms with Crippen molar-refractivity contribution in [2.75, 3.05) is 12.1 Å². The van der Waals surface area contributed by atoms with Crippen LogP contribution in [0.4, 0.5) is 5.69 Å². The molecule has 0 aromatic heterocycles. The number of anilines is 1. The second-order valence-corrected chi connectivity index (χ2v) is 4.59. The lowest BCUT2D eigenvalue weighted by Crippen LogP contribution is -2.08. The molecular formula is C15H15ClN2. The van der Waals surface area contributed by atoms with Crippen LogP contribution in [0.2, 0.25) is 5.02 Å². The molecule has 0 saturated heterocycles. The second kappa shape index (κ2) is 5.69. The van der Waals surface area contributed by atoms with E-state index in [0.29, 0.717) is 0 Å². The first-order chi connectivity index (χ1) is 8.65. The largest absolute Gasteiger partial charge is 0.269 e. The van der Waals surface area contributed by atoms with Gasteiger partial charge >= 0.3 is 0 Å². The summed E-state index contributed by atoms with van der Waals surface area (Å²) in [5.74, 6) is 0. The molecule has 0 fully saturated rings. The maximum Gasteiger partial charge on any atom is 0.0590 e. The minimum absolute atomic E-state index is 0.735. The van der Waals surface area contributed by atoms with Crippen LogP contribution >= 0.6 is 11.6 Å². The van der Waals surface area contributed by atoms with Crippen molar-refractivity contribution in [3.05, 3.63) is 64.7 Å². The molecule has 0 bridgehead atoms. The Labute approximate surface area is 113 Å². The van der Waals surface area contributed by atoms with Gasteiger partial charge in [-0.2, -0.15) is 5.10 Å². The van der Waals surface area contributed by atoms with Crippen LogP contribution in [-0.4, -0.2) is 13.3 Å². The zero-order valence-corrected chi connectivity index (χ0v) is 11.2. The predicted molar refractivity (Wildman–Crippen MR) is 78.6 cm³/mol. The first kappa shape index (κ1) is 12.7. The van der Waals surface area contributed by atoms with Gasteiger partial charge in [0.25, 0.3) is 0 Å². The van der Waals surface area contributed by atoms with E-state index in [1.54, 1.807) is 0 Å². The van der Waals surface area contributed by atoms with Crippen LogP contribution in [0.15, 0.2) is 53.6 Å². The maximum atomic E-state index is 5.83. The van der Waals surface area contributed by atoms with Crippen molar-refractivity contribution < 1.29 is 0 Å². The molecule has 2 rings (SSSR count). The molecule has 0 radical (unpaired) electrons. The summed E-state index contributed by atoms with van der Waals surface area (Å²) >= 11 is 5.83. The lowest BCUT2D eigenvalue weighted by molar-refractivity contribution is 1.02. The lowest BCUT2D eigenvalue weighted by Gasteiger charge is -2.12. The lowest BCUT2D eigenvalue weighted by atomic mass is 10.2. The van der Waals surface area contributed by atoms with Crippen molar-refractivity contribution in [1.82, 2.24) is 0 Å². The summed E-state index contributed by atoms with van der Waals surface area (Å²) < 4.78 is 0. The van der Waals surface area contributed by atoms with Gasteiger partial charge in [0.05, 0.1) is 11.9 Å². The van der Waals surface area contributed by atoms with Crippen LogP contribution in [0.3, 0.4) is 0 Å². The van der Waals surface area contributed by atoms with Crippen molar-refractivity contribution in [2.24, 2.45) is 5.10 Å². The fourth-order valence-corrected chi connectivity index (χ4v) is 1.66. The van der Waals surface area contributed by atoms with E-state index in [-0.39, 0.29) is 0 Å². The molecule has 0 saturated carbocycles. The number of hydrogen-bond acceptors (Lipinski definition) is 2. The fraction of sp³-hybridized carbons (Fsp3) is 0.133. The van der Waals surface area contributed by atoms with Crippen LogP contribution in [0.25, 0.3) is 0 Å². The third-order valence-corrected chi connectivity index (χ3v) is 2.91. The van der Waals surface area contributed by atoms with E-state index < -0.39 is 0 Å². The fourth-order valence-electron chi connectivity index (χ4n) is 1.53. The Kier molecular flexibility index (Phi) is 4.00. The normalized spacial score (nSPS) is 10.8. The van der Waals surface area contributed by atoms with Gasteiger partial charge in [0.1, 0.15) is 0 Å². The zero-order chi connectivity index (χ0) is 13.0. The molecule has 2 aromatic carbocycles. The van der Waals surface area contributed by atoms with E-state index in [0.717, 1.165) is 16.3 Å². The molecule has 18 heavy (non-hydrogen) atoms. The van der Waals surface area contributed by atoms with Gasteiger partial charge in [0.15, 0.2) is 0 Å². The molecule has 0 aliphatic heterocycles. The monoisotopic (exact) mass is 258 g/mol. The van der Waals surface area contributed by atoms with E-state index in [2.05, 4.69) is 36.3 Å². The third kappa shape index (κ3) is 3.34. The van der Waals surface area contributed by atoms with E-state index in [4.69, 9.17) is 11.6 Å². The molecule has 0 aliphatic rings. The van der Waals surface area contributed by atoms with Gasteiger partial charge in [0.2, 0.25) is 0 Å². The summed E-state index contributed by atoms with van der Waals surface area (Å²) in [5.41, 5.74) is 3.33.